The molecule has 2 aromatic rings. The first-order valence-corrected chi connectivity index (χ1v) is 29.3. The fraction of sp³-hybridized carbons (Fsp3) is 0.862. The number of rotatable bonds is 23. The van der Waals surface area contributed by atoms with E-state index in [0.717, 1.165) is 51.4 Å². The summed E-state index contributed by atoms with van der Waals surface area (Å²) in [5, 5.41) is 41.2. The fourth-order valence-electron chi connectivity index (χ4n) is 15.1. The van der Waals surface area contributed by atoms with Gasteiger partial charge in [-0.3, -0.25) is 0 Å². The quantitative estimate of drug-likeness (QED) is 0.104. The molecule has 20 heteroatoms. The number of piperidine rings is 4. The Morgan fingerprint density at radius 1 is 0.436 bits per heavy atom. The summed E-state index contributed by atoms with van der Waals surface area (Å²) in [6, 6.07) is 0.397. The van der Waals surface area contributed by atoms with Crippen molar-refractivity contribution < 1.29 is 29.3 Å². The van der Waals surface area contributed by atoms with Gasteiger partial charge in [0, 0.05) is 112 Å². The van der Waals surface area contributed by atoms with Crippen LogP contribution in [0.5, 0.6) is 12.0 Å². The number of carbonyl (C=O) groups excluding carboxylic acids is 2. The zero-order valence-electron chi connectivity index (χ0n) is 51.8. The Hall–Kier alpha value is -4.40. The molecule has 0 atom stereocenters. The minimum atomic E-state index is -1.97. The SMILES string of the molecule is CCN(c1nc(OCCC(CCOc2nc(N(CC)C3CC(C)(C)NC(C)(C)C3)nc(N(CC)C3CC(C)(C)NC(C)(C)C3)n2)(CC(=O)[O-])C(=O)[O-])nc(N(CC)C2CC(C)(C)NC(C)(C)C2)n1)C1CC(C)(C)NC(C)(C)C1. The summed E-state index contributed by atoms with van der Waals surface area (Å²) >= 11 is 0. The number of nitrogens with one attached hydrogen (secondary N) is 4. The Bertz CT molecular complexity index is 2050. The molecule has 0 aromatic carbocycles. The van der Waals surface area contributed by atoms with E-state index in [2.05, 4.69) is 179 Å². The topological polar surface area (TPSA) is 237 Å². The molecule has 78 heavy (non-hydrogen) atoms. The molecule has 442 valence electrons. The Morgan fingerprint density at radius 3 is 0.833 bits per heavy atom. The Kier molecular flexibility index (Phi) is 18.7. The average Bonchev–Trinajstić information content (AvgIpc) is 3.24. The Labute approximate surface area is 468 Å². The zero-order valence-corrected chi connectivity index (χ0v) is 51.8. The van der Waals surface area contributed by atoms with E-state index in [9.17, 15) is 19.8 Å². The molecule has 0 aliphatic carbocycles. The number of hydrogen-bond acceptors (Lipinski definition) is 20. The molecule has 4 N–H and O–H groups in total. The predicted octanol–water partition coefficient (Wildman–Crippen LogP) is 5.71. The largest absolute Gasteiger partial charge is 0.550 e. The van der Waals surface area contributed by atoms with Crippen molar-refractivity contribution >= 4 is 35.7 Å². The molecule has 0 bridgehead atoms. The van der Waals surface area contributed by atoms with E-state index in [4.69, 9.17) is 39.4 Å². The molecule has 4 fully saturated rings. The van der Waals surface area contributed by atoms with Gasteiger partial charge in [-0.1, -0.05) is 0 Å². The van der Waals surface area contributed by atoms with Gasteiger partial charge in [0.2, 0.25) is 23.8 Å². The molecule has 0 spiro atoms. The summed E-state index contributed by atoms with van der Waals surface area (Å²) < 4.78 is 12.8. The third-order valence-corrected chi connectivity index (χ3v) is 16.5. The summed E-state index contributed by atoms with van der Waals surface area (Å²) in [6.45, 7) is 45.9. The Morgan fingerprint density at radius 2 is 0.654 bits per heavy atom. The molecule has 0 radical (unpaired) electrons. The highest BCUT2D eigenvalue weighted by Crippen LogP contribution is 2.40. The molecule has 0 unspecified atom stereocenters. The lowest BCUT2D eigenvalue weighted by atomic mass is 9.78. The number of aliphatic carboxylic acids is 2. The van der Waals surface area contributed by atoms with E-state index in [1.807, 2.05) is 0 Å². The second-order valence-electron chi connectivity index (χ2n) is 28.7. The smallest absolute Gasteiger partial charge is 0.323 e. The lowest BCUT2D eigenvalue weighted by molar-refractivity contribution is -0.329. The lowest BCUT2D eigenvalue weighted by Gasteiger charge is -2.50. The monoisotopic (exact) mass is 1090 g/mol. The predicted molar refractivity (Wildman–Crippen MR) is 306 cm³/mol. The van der Waals surface area contributed by atoms with Crippen molar-refractivity contribution in [3.8, 4) is 12.0 Å². The number of hydrogen-bond donors (Lipinski definition) is 4. The van der Waals surface area contributed by atoms with Crippen molar-refractivity contribution in [2.45, 2.75) is 278 Å². The van der Waals surface area contributed by atoms with Crippen LogP contribution < -0.4 is 60.6 Å². The number of anilines is 4. The standard InChI is InChI=1S/C58H104N14O6/c1-21-69(38-29-50(5,6)65-51(7,8)30-38)44-59-45(70(22-2)39-31-52(9,10)66-53(11,12)32-39)62-48(61-44)77-27-25-58(43(75)76,37-42(73)74)26-28-78-49-63-46(71(23-3)40-33-54(13,14)67-55(15,16)34-40)60-47(64-49)72(24-4)41-35-56(17,18)68-57(19,20)36-41/h38-41,65-68H,21-37H2,1-20H3,(H,73,74)(H,75,76)/p-2. The van der Waals surface area contributed by atoms with Crippen LogP contribution in [0.15, 0.2) is 0 Å². The van der Waals surface area contributed by atoms with Crippen molar-refractivity contribution in [1.29, 1.82) is 0 Å². The van der Waals surface area contributed by atoms with Crippen molar-refractivity contribution in [3.05, 3.63) is 0 Å². The summed E-state index contributed by atoms with van der Waals surface area (Å²) in [5.41, 5.74) is -3.22. The van der Waals surface area contributed by atoms with E-state index in [1.165, 1.54) is 0 Å². The van der Waals surface area contributed by atoms with Crippen molar-refractivity contribution in [2.24, 2.45) is 5.41 Å². The summed E-state index contributed by atoms with van der Waals surface area (Å²) in [4.78, 5) is 65.1. The van der Waals surface area contributed by atoms with Gasteiger partial charge in [0.25, 0.3) is 0 Å². The first kappa shape index (κ1) is 62.8. The van der Waals surface area contributed by atoms with Gasteiger partial charge in [-0.2, -0.15) is 29.9 Å². The maximum absolute atomic E-state index is 13.4. The van der Waals surface area contributed by atoms with Gasteiger partial charge >= 0.3 is 12.0 Å². The number of carbonyl (C=O) groups is 2. The van der Waals surface area contributed by atoms with Gasteiger partial charge in [0.05, 0.1) is 13.2 Å². The second kappa shape index (κ2) is 23.2. The van der Waals surface area contributed by atoms with E-state index in [1.54, 1.807) is 0 Å². The molecule has 4 aliphatic rings. The van der Waals surface area contributed by atoms with Crippen LogP contribution in [0.3, 0.4) is 0 Å². The highest BCUT2D eigenvalue weighted by molar-refractivity contribution is 5.79. The molecular formula is C58H102N14O6-2. The molecule has 0 amide bonds. The number of ether oxygens (including phenoxy) is 2. The van der Waals surface area contributed by atoms with E-state index >= 15 is 0 Å². The van der Waals surface area contributed by atoms with Crippen molar-refractivity contribution in [1.82, 2.24) is 51.2 Å². The van der Waals surface area contributed by atoms with E-state index < -0.39 is 23.8 Å². The molecule has 20 nitrogen and oxygen atoms in total. The average molecular weight is 1090 g/mol. The van der Waals surface area contributed by atoms with Crippen LogP contribution in [0.1, 0.15) is 209 Å². The molecule has 0 saturated carbocycles. The number of nitrogens with zero attached hydrogens (tertiary/aromatic N) is 10. The van der Waals surface area contributed by atoms with Gasteiger partial charge in [-0.05, 0) is 209 Å². The first-order valence-electron chi connectivity index (χ1n) is 29.3. The van der Waals surface area contributed by atoms with Gasteiger partial charge in [-0.15, -0.1) is 0 Å². The highest BCUT2D eigenvalue weighted by Gasteiger charge is 2.45. The maximum Gasteiger partial charge on any atom is 0.323 e. The Balaban J connectivity index is 1.33. The van der Waals surface area contributed by atoms with Gasteiger partial charge in [-0.25, -0.2) is 0 Å². The molecular weight excluding hydrogens is 989 g/mol. The third kappa shape index (κ3) is 16.2. The van der Waals surface area contributed by atoms with Gasteiger partial charge in [0.15, 0.2) is 0 Å². The van der Waals surface area contributed by atoms with Crippen molar-refractivity contribution in [2.75, 3.05) is 59.0 Å². The molecule has 2 aromatic heterocycles. The van der Waals surface area contributed by atoms with Crippen LogP contribution in [0.25, 0.3) is 0 Å². The van der Waals surface area contributed by atoms with Crippen LogP contribution in [0, 0.1) is 5.41 Å². The third-order valence-electron chi connectivity index (χ3n) is 16.5. The molecule has 6 rings (SSSR count). The highest BCUT2D eigenvalue weighted by atomic mass is 16.5. The van der Waals surface area contributed by atoms with Crippen LogP contribution >= 0.6 is 0 Å². The second-order valence-corrected chi connectivity index (χ2v) is 28.7. The number of carboxylic acids is 2. The van der Waals surface area contributed by atoms with E-state index in [0.29, 0.717) is 50.0 Å². The minimum Gasteiger partial charge on any atom is -0.550 e. The van der Waals surface area contributed by atoms with Crippen LogP contribution in [0.4, 0.5) is 23.8 Å². The normalized spacial score (nSPS) is 22.8. The number of carboxylic acid groups (broad SMARTS) is 2. The molecule has 6 heterocycles. The molecule has 4 aliphatic heterocycles. The summed E-state index contributed by atoms with van der Waals surface area (Å²) in [6.07, 6.45) is 5.40. The van der Waals surface area contributed by atoms with Gasteiger partial charge < -0.3 is 70.1 Å². The van der Waals surface area contributed by atoms with Crippen LogP contribution in [0.2, 0.25) is 0 Å². The van der Waals surface area contributed by atoms with Gasteiger partial charge in [0.1, 0.15) is 0 Å². The van der Waals surface area contributed by atoms with Crippen LogP contribution in [-0.2, 0) is 9.59 Å². The number of aromatic nitrogens is 6. The lowest BCUT2D eigenvalue weighted by Crippen LogP contribution is -2.62. The maximum atomic E-state index is 13.4. The minimum absolute atomic E-state index is 0.0241. The summed E-state index contributed by atoms with van der Waals surface area (Å²) in [7, 11) is 0. The van der Waals surface area contributed by atoms with E-state index in [-0.39, 0.29) is 107 Å². The van der Waals surface area contributed by atoms with Crippen molar-refractivity contribution in [3.63, 3.8) is 0 Å². The first-order chi connectivity index (χ1) is 35.8. The fourth-order valence-corrected chi connectivity index (χ4v) is 15.1. The summed E-state index contributed by atoms with van der Waals surface area (Å²) in [5.74, 6) is -1.22. The zero-order chi connectivity index (χ0) is 58.2. The molecule has 4 saturated heterocycles. The van der Waals surface area contributed by atoms with Crippen LogP contribution in [-0.4, -0.2) is 150 Å².